The Morgan fingerprint density at radius 2 is 2.31 bits per heavy atom. The lowest BCUT2D eigenvalue weighted by atomic mass is 10.4. The van der Waals surface area contributed by atoms with Gasteiger partial charge in [0.2, 0.25) is 5.95 Å². The van der Waals surface area contributed by atoms with E-state index in [2.05, 4.69) is 26.9 Å². The minimum absolute atomic E-state index is 0.277. The summed E-state index contributed by atoms with van der Waals surface area (Å²) in [5, 5.41) is 5.84. The van der Waals surface area contributed by atoms with Crippen molar-refractivity contribution in [1.82, 2.24) is 9.97 Å². The van der Waals surface area contributed by atoms with E-state index in [1.54, 1.807) is 7.05 Å². The summed E-state index contributed by atoms with van der Waals surface area (Å²) in [7, 11) is 1.71. The second-order valence-electron chi connectivity index (χ2n) is 3.88. The quantitative estimate of drug-likeness (QED) is 0.826. The molecule has 1 saturated carbocycles. The third-order valence-electron chi connectivity index (χ3n) is 2.79. The zero-order valence-corrected chi connectivity index (χ0v) is 10.2. The molecule has 4 nitrogen and oxygen atoms in total. The van der Waals surface area contributed by atoms with Crippen molar-refractivity contribution < 1.29 is 4.39 Å². The van der Waals surface area contributed by atoms with Crippen molar-refractivity contribution in [3.05, 3.63) is 12.0 Å². The van der Waals surface area contributed by atoms with Gasteiger partial charge in [-0.15, -0.1) is 0 Å². The molecule has 0 amide bonds. The average Bonchev–Trinajstić information content (AvgIpc) is 3.09. The predicted octanol–water partition coefficient (Wildman–Crippen LogP) is 1.96. The second kappa shape index (κ2) is 4.45. The Hall–Kier alpha value is -1.04. The largest absolute Gasteiger partial charge is 0.366 e. The summed E-state index contributed by atoms with van der Waals surface area (Å²) in [5.74, 6) is 0.300. The van der Waals surface area contributed by atoms with Crippen molar-refractivity contribution in [3.63, 3.8) is 0 Å². The number of rotatable bonds is 5. The standard InChI is InChI=1S/C10H15FN4S/c1-12-9-13-5-7(11)8(15-9)14-6-10(16-2)3-4-10/h5H,3-4,6H2,1-2H3,(H2,12,13,14,15). The highest BCUT2D eigenvalue weighted by atomic mass is 32.2. The molecule has 6 heteroatoms. The number of hydrogen-bond donors (Lipinski definition) is 2. The number of thioether (sulfide) groups is 1. The van der Waals surface area contributed by atoms with Gasteiger partial charge in [0, 0.05) is 18.3 Å². The number of nitrogens with zero attached hydrogens (tertiary/aromatic N) is 2. The Balaban J connectivity index is 2.03. The number of hydrogen-bond acceptors (Lipinski definition) is 5. The van der Waals surface area contributed by atoms with E-state index in [-0.39, 0.29) is 10.6 Å². The highest BCUT2D eigenvalue weighted by Gasteiger charge is 2.41. The molecule has 1 aromatic rings. The molecule has 0 spiro atoms. The van der Waals surface area contributed by atoms with Crippen LogP contribution in [0.1, 0.15) is 12.8 Å². The summed E-state index contributed by atoms with van der Waals surface area (Å²) < 4.78 is 13.7. The third kappa shape index (κ3) is 2.37. The van der Waals surface area contributed by atoms with E-state index in [0.717, 1.165) is 6.54 Å². The minimum Gasteiger partial charge on any atom is -0.366 e. The van der Waals surface area contributed by atoms with E-state index >= 15 is 0 Å². The molecular formula is C10H15FN4S. The molecule has 2 N–H and O–H groups in total. The molecule has 0 aromatic carbocycles. The van der Waals surface area contributed by atoms with Crippen molar-refractivity contribution in [1.29, 1.82) is 0 Å². The molecule has 1 aliphatic carbocycles. The summed E-state index contributed by atoms with van der Waals surface area (Å²) in [6.07, 6.45) is 5.64. The van der Waals surface area contributed by atoms with Crippen molar-refractivity contribution >= 4 is 23.5 Å². The fraction of sp³-hybridized carbons (Fsp3) is 0.600. The van der Waals surface area contributed by atoms with Gasteiger partial charge in [0.1, 0.15) is 0 Å². The smallest absolute Gasteiger partial charge is 0.224 e. The van der Waals surface area contributed by atoms with E-state index in [1.165, 1.54) is 19.0 Å². The fourth-order valence-corrected chi connectivity index (χ4v) is 2.18. The highest BCUT2D eigenvalue weighted by Crippen LogP contribution is 2.47. The van der Waals surface area contributed by atoms with Crippen molar-refractivity contribution in [2.24, 2.45) is 0 Å². The molecule has 2 rings (SSSR count). The van der Waals surface area contributed by atoms with Crippen LogP contribution in [0.2, 0.25) is 0 Å². The van der Waals surface area contributed by atoms with E-state index in [0.29, 0.717) is 5.95 Å². The Labute approximate surface area is 98.4 Å². The van der Waals surface area contributed by atoms with Gasteiger partial charge in [-0.05, 0) is 19.1 Å². The molecule has 0 aliphatic heterocycles. The number of halogens is 1. The van der Waals surface area contributed by atoms with Crippen LogP contribution in [-0.4, -0.2) is 34.6 Å². The summed E-state index contributed by atoms with van der Waals surface area (Å²) in [6, 6.07) is 0. The van der Waals surface area contributed by atoms with Gasteiger partial charge in [0.25, 0.3) is 0 Å². The molecular weight excluding hydrogens is 227 g/mol. The zero-order valence-electron chi connectivity index (χ0n) is 9.38. The second-order valence-corrected chi connectivity index (χ2v) is 5.16. The summed E-state index contributed by atoms with van der Waals surface area (Å²) in [5.41, 5.74) is 0. The van der Waals surface area contributed by atoms with Crippen LogP contribution in [-0.2, 0) is 0 Å². The van der Waals surface area contributed by atoms with E-state index < -0.39 is 5.82 Å². The molecule has 88 valence electrons. The monoisotopic (exact) mass is 242 g/mol. The van der Waals surface area contributed by atoms with Crippen molar-refractivity contribution in [3.8, 4) is 0 Å². The van der Waals surface area contributed by atoms with Gasteiger partial charge in [-0.3, -0.25) is 0 Å². The van der Waals surface area contributed by atoms with Gasteiger partial charge >= 0.3 is 0 Å². The molecule has 1 heterocycles. The first-order valence-corrected chi connectivity index (χ1v) is 6.41. The van der Waals surface area contributed by atoms with Crippen LogP contribution in [0.3, 0.4) is 0 Å². The van der Waals surface area contributed by atoms with Gasteiger partial charge in [0.05, 0.1) is 6.20 Å². The van der Waals surface area contributed by atoms with Crippen LogP contribution in [0.4, 0.5) is 16.2 Å². The van der Waals surface area contributed by atoms with Gasteiger partial charge in [-0.25, -0.2) is 9.37 Å². The Kier molecular flexibility index (Phi) is 3.18. The molecule has 0 bridgehead atoms. The maximum Gasteiger partial charge on any atom is 0.224 e. The fourth-order valence-electron chi connectivity index (χ4n) is 1.45. The van der Waals surface area contributed by atoms with Gasteiger partial charge in [0.15, 0.2) is 11.6 Å². The maximum absolute atomic E-state index is 13.4. The zero-order chi connectivity index (χ0) is 11.6. The number of aromatic nitrogens is 2. The molecule has 0 saturated heterocycles. The molecule has 1 aromatic heterocycles. The maximum atomic E-state index is 13.4. The normalized spacial score (nSPS) is 16.9. The lowest BCUT2D eigenvalue weighted by Gasteiger charge is -2.14. The summed E-state index contributed by atoms with van der Waals surface area (Å²) in [6.45, 7) is 0.755. The van der Waals surface area contributed by atoms with E-state index in [4.69, 9.17) is 0 Å². The van der Waals surface area contributed by atoms with Gasteiger partial charge in [-0.1, -0.05) is 0 Å². The van der Waals surface area contributed by atoms with Crippen LogP contribution in [0.5, 0.6) is 0 Å². The van der Waals surface area contributed by atoms with Crippen LogP contribution >= 0.6 is 11.8 Å². The number of nitrogens with one attached hydrogen (secondary N) is 2. The average molecular weight is 242 g/mol. The molecule has 1 fully saturated rings. The molecule has 0 unspecified atom stereocenters. The van der Waals surface area contributed by atoms with Gasteiger partial charge in [-0.2, -0.15) is 16.7 Å². The Morgan fingerprint density at radius 3 is 2.88 bits per heavy atom. The summed E-state index contributed by atoms with van der Waals surface area (Å²) in [4.78, 5) is 7.83. The van der Waals surface area contributed by atoms with E-state index in [9.17, 15) is 4.39 Å². The third-order valence-corrected chi connectivity index (χ3v) is 4.21. The Morgan fingerprint density at radius 1 is 1.56 bits per heavy atom. The number of anilines is 2. The lowest BCUT2D eigenvalue weighted by molar-refractivity contribution is 0.617. The molecule has 1 aliphatic rings. The van der Waals surface area contributed by atoms with E-state index in [1.807, 2.05) is 11.8 Å². The molecule has 16 heavy (non-hydrogen) atoms. The van der Waals surface area contributed by atoms with Crippen LogP contribution in [0.25, 0.3) is 0 Å². The van der Waals surface area contributed by atoms with Crippen LogP contribution in [0.15, 0.2) is 6.20 Å². The van der Waals surface area contributed by atoms with Crippen molar-refractivity contribution in [2.75, 3.05) is 30.5 Å². The first kappa shape index (κ1) is 11.4. The Bertz CT molecular complexity index is 381. The highest BCUT2D eigenvalue weighted by molar-refractivity contribution is 8.00. The molecule has 0 atom stereocenters. The lowest BCUT2D eigenvalue weighted by Crippen LogP contribution is -2.19. The van der Waals surface area contributed by atoms with Crippen LogP contribution < -0.4 is 10.6 Å². The first-order valence-electron chi connectivity index (χ1n) is 5.18. The SMILES string of the molecule is CNc1ncc(F)c(NCC2(SC)CC2)n1. The molecule has 0 radical (unpaired) electrons. The van der Waals surface area contributed by atoms with Crippen LogP contribution in [0, 0.1) is 5.82 Å². The summed E-state index contributed by atoms with van der Waals surface area (Å²) >= 11 is 1.83. The van der Waals surface area contributed by atoms with Gasteiger partial charge < -0.3 is 10.6 Å². The van der Waals surface area contributed by atoms with Crippen molar-refractivity contribution in [2.45, 2.75) is 17.6 Å². The minimum atomic E-state index is -0.407. The first-order chi connectivity index (χ1) is 7.69. The predicted molar refractivity (Wildman–Crippen MR) is 65.5 cm³/mol. The topological polar surface area (TPSA) is 49.8 Å².